The van der Waals surface area contributed by atoms with Crippen molar-refractivity contribution in [2.45, 2.75) is 12.8 Å². The highest BCUT2D eigenvalue weighted by molar-refractivity contribution is 5.68. The molecule has 0 aromatic carbocycles. The van der Waals surface area contributed by atoms with E-state index in [4.69, 9.17) is 4.42 Å². The standard InChI is InChI=1S/C11H10N4O/c1-2-8(16-5-1)3-4-10-14-9-6-12-7-13-11(9)15-10/h1-2,5-7H,3-4H2,(H,12,13,14,15). The number of hydrogen-bond acceptors (Lipinski definition) is 4. The van der Waals surface area contributed by atoms with Crippen LogP contribution in [0.25, 0.3) is 11.2 Å². The summed E-state index contributed by atoms with van der Waals surface area (Å²) in [7, 11) is 0. The van der Waals surface area contributed by atoms with E-state index in [1.165, 1.54) is 6.33 Å². The summed E-state index contributed by atoms with van der Waals surface area (Å²) in [5.74, 6) is 1.87. The smallest absolute Gasteiger partial charge is 0.180 e. The number of furan rings is 1. The Bertz CT molecular complexity index is 552. The van der Waals surface area contributed by atoms with Crippen molar-refractivity contribution in [2.24, 2.45) is 0 Å². The maximum Gasteiger partial charge on any atom is 0.180 e. The van der Waals surface area contributed by atoms with E-state index in [0.29, 0.717) is 5.65 Å². The zero-order valence-electron chi connectivity index (χ0n) is 8.55. The molecular weight excluding hydrogens is 204 g/mol. The van der Waals surface area contributed by atoms with Crippen molar-refractivity contribution < 1.29 is 4.42 Å². The van der Waals surface area contributed by atoms with Crippen molar-refractivity contribution in [1.82, 2.24) is 19.9 Å². The predicted octanol–water partition coefficient (Wildman–Crippen LogP) is 1.73. The Labute approximate surface area is 91.6 Å². The predicted molar refractivity (Wildman–Crippen MR) is 57.8 cm³/mol. The third-order valence-corrected chi connectivity index (χ3v) is 2.40. The molecule has 0 amide bonds. The summed E-state index contributed by atoms with van der Waals surface area (Å²) in [4.78, 5) is 15.5. The van der Waals surface area contributed by atoms with Crippen LogP contribution in [0.15, 0.2) is 35.3 Å². The van der Waals surface area contributed by atoms with Crippen LogP contribution in [0.4, 0.5) is 0 Å². The van der Waals surface area contributed by atoms with Gasteiger partial charge in [0.1, 0.15) is 23.4 Å². The van der Waals surface area contributed by atoms with Crippen molar-refractivity contribution in [3.05, 3.63) is 42.5 Å². The van der Waals surface area contributed by atoms with Gasteiger partial charge >= 0.3 is 0 Å². The SMILES string of the molecule is c1coc(CCc2nc3ncncc3[nH]2)c1. The molecule has 3 aromatic heterocycles. The number of aromatic amines is 1. The molecule has 3 aromatic rings. The molecule has 3 rings (SSSR count). The number of hydrogen-bond donors (Lipinski definition) is 1. The topological polar surface area (TPSA) is 67.6 Å². The zero-order valence-corrected chi connectivity index (χ0v) is 8.55. The Kier molecular flexibility index (Phi) is 2.14. The van der Waals surface area contributed by atoms with Crippen LogP contribution in [0.5, 0.6) is 0 Å². The quantitative estimate of drug-likeness (QED) is 0.721. The molecule has 5 nitrogen and oxygen atoms in total. The highest BCUT2D eigenvalue weighted by atomic mass is 16.3. The minimum absolute atomic E-state index is 0.712. The van der Waals surface area contributed by atoms with Gasteiger partial charge in [-0.25, -0.2) is 15.0 Å². The molecule has 0 fully saturated rings. The molecule has 0 aliphatic rings. The summed E-state index contributed by atoms with van der Waals surface area (Å²) >= 11 is 0. The Hall–Kier alpha value is -2.17. The van der Waals surface area contributed by atoms with Crippen LogP contribution in [-0.4, -0.2) is 19.9 Å². The van der Waals surface area contributed by atoms with E-state index in [-0.39, 0.29) is 0 Å². The Morgan fingerprint density at radius 1 is 1.31 bits per heavy atom. The second kappa shape index (κ2) is 3.77. The number of H-pyrrole nitrogens is 1. The molecule has 3 heterocycles. The first-order chi connectivity index (χ1) is 7.92. The van der Waals surface area contributed by atoms with Gasteiger partial charge in [0, 0.05) is 12.8 Å². The van der Waals surface area contributed by atoms with E-state index >= 15 is 0 Å². The van der Waals surface area contributed by atoms with E-state index < -0.39 is 0 Å². The summed E-state index contributed by atoms with van der Waals surface area (Å²) in [6.45, 7) is 0. The average molecular weight is 214 g/mol. The monoisotopic (exact) mass is 214 g/mol. The molecule has 0 aliphatic heterocycles. The number of nitrogens with one attached hydrogen (secondary N) is 1. The van der Waals surface area contributed by atoms with Gasteiger partial charge in [-0.2, -0.15) is 0 Å². The lowest BCUT2D eigenvalue weighted by molar-refractivity contribution is 0.507. The molecule has 0 bridgehead atoms. The second-order valence-electron chi connectivity index (χ2n) is 3.52. The fraction of sp³-hybridized carbons (Fsp3) is 0.182. The lowest BCUT2D eigenvalue weighted by Gasteiger charge is -1.92. The Morgan fingerprint density at radius 2 is 2.31 bits per heavy atom. The first-order valence-electron chi connectivity index (χ1n) is 5.09. The van der Waals surface area contributed by atoms with Crippen LogP contribution in [-0.2, 0) is 12.8 Å². The summed E-state index contributed by atoms with van der Waals surface area (Å²) in [5.41, 5.74) is 1.58. The van der Waals surface area contributed by atoms with Crippen LogP contribution in [0.1, 0.15) is 11.6 Å². The van der Waals surface area contributed by atoms with E-state index in [1.807, 2.05) is 12.1 Å². The lowest BCUT2D eigenvalue weighted by Crippen LogP contribution is -1.91. The number of imidazole rings is 1. The third kappa shape index (κ3) is 1.67. The molecule has 0 spiro atoms. The van der Waals surface area contributed by atoms with E-state index in [0.717, 1.165) is 29.9 Å². The average Bonchev–Trinajstić information content (AvgIpc) is 2.95. The minimum atomic E-state index is 0.712. The van der Waals surface area contributed by atoms with Gasteiger partial charge in [0.2, 0.25) is 0 Å². The van der Waals surface area contributed by atoms with Crippen molar-refractivity contribution in [3.8, 4) is 0 Å². The number of nitrogens with zero attached hydrogens (tertiary/aromatic N) is 3. The summed E-state index contributed by atoms with van der Waals surface area (Å²) < 4.78 is 5.26. The minimum Gasteiger partial charge on any atom is -0.469 e. The molecule has 5 heteroatoms. The van der Waals surface area contributed by atoms with Crippen LogP contribution < -0.4 is 0 Å². The maximum absolute atomic E-state index is 5.26. The molecular formula is C11H10N4O. The molecule has 0 saturated carbocycles. The van der Waals surface area contributed by atoms with Gasteiger partial charge in [0.05, 0.1) is 12.5 Å². The van der Waals surface area contributed by atoms with Crippen LogP contribution in [0.2, 0.25) is 0 Å². The first kappa shape index (κ1) is 9.08. The van der Waals surface area contributed by atoms with Crippen LogP contribution in [0.3, 0.4) is 0 Å². The van der Waals surface area contributed by atoms with E-state index in [1.54, 1.807) is 12.5 Å². The van der Waals surface area contributed by atoms with Gasteiger partial charge in [0.25, 0.3) is 0 Å². The number of aromatic nitrogens is 4. The second-order valence-corrected chi connectivity index (χ2v) is 3.52. The van der Waals surface area contributed by atoms with Gasteiger partial charge in [-0.05, 0) is 12.1 Å². The molecule has 0 aliphatic carbocycles. The highest BCUT2D eigenvalue weighted by Gasteiger charge is 2.04. The third-order valence-electron chi connectivity index (χ3n) is 2.40. The normalized spacial score (nSPS) is 11.0. The number of rotatable bonds is 3. The maximum atomic E-state index is 5.26. The molecule has 0 unspecified atom stereocenters. The summed E-state index contributed by atoms with van der Waals surface area (Å²) in [6, 6.07) is 3.85. The van der Waals surface area contributed by atoms with Gasteiger partial charge in [-0.15, -0.1) is 0 Å². The lowest BCUT2D eigenvalue weighted by atomic mass is 10.2. The van der Waals surface area contributed by atoms with Gasteiger partial charge in [0.15, 0.2) is 5.65 Å². The largest absolute Gasteiger partial charge is 0.469 e. The van der Waals surface area contributed by atoms with Crippen LogP contribution >= 0.6 is 0 Å². The van der Waals surface area contributed by atoms with Crippen molar-refractivity contribution in [1.29, 1.82) is 0 Å². The van der Waals surface area contributed by atoms with Crippen molar-refractivity contribution in [2.75, 3.05) is 0 Å². The molecule has 16 heavy (non-hydrogen) atoms. The van der Waals surface area contributed by atoms with Crippen LogP contribution in [0, 0.1) is 0 Å². The fourth-order valence-corrected chi connectivity index (χ4v) is 1.63. The van der Waals surface area contributed by atoms with Gasteiger partial charge in [-0.3, -0.25) is 0 Å². The molecule has 0 atom stereocenters. The Morgan fingerprint density at radius 3 is 3.12 bits per heavy atom. The van der Waals surface area contributed by atoms with Crippen molar-refractivity contribution >= 4 is 11.2 Å². The summed E-state index contributed by atoms with van der Waals surface area (Å²) in [5, 5.41) is 0. The first-order valence-corrected chi connectivity index (χ1v) is 5.09. The number of fused-ring (bicyclic) bond motifs is 1. The van der Waals surface area contributed by atoms with Gasteiger partial charge < -0.3 is 9.40 Å². The molecule has 1 N–H and O–H groups in total. The van der Waals surface area contributed by atoms with Crippen molar-refractivity contribution in [3.63, 3.8) is 0 Å². The highest BCUT2D eigenvalue weighted by Crippen LogP contribution is 2.09. The van der Waals surface area contributed by atoms with Gasteiger partial charge in [-0.1, -0.05) is 0 Å². The van der Waals surface area contributed by atoms with E-state index in [9.17, 15) is 0 Å². The molecule has 80 valence electrons. The molecule has 0 saturated heterocycles. The fourth-order valence-electron chi connectivity index (χ4n) is 1.63. The van der Waals surface area contributed by atoms with E-state index in [2.05, 4.69) is 19.9 Å². The Balaban J connectivity index is 1.79. The number of aryl methyl sites for hydroxylation is 2. The molecule has 0 radical (unpaired) electrons. The summed E-state index contributed by atoms with van der Waals surface area (Å²) in [6.07, 6.45) is 6.55. The zero-order chi connectivity index (χ0) is 10.8.